The second kappa shape index (κ2) is 13.8. The van der Waals surface area contributed by atoms with Crippen molar-refractivity contribution in [2.24, 2.45) is 5.92 Å². The Hall–Kier alpha value is -4.65. The lowest BCUT2D eigenvalue weighted by atomic mass is 9.99. The third-order valence-electron chi connectivity index (χ3n) is 9.76. The number of nitrogens with zero attached hydrogens (tertiary/aromatic N) is 7. The van der Waals surface area contributed by atoms with Gasteiger partial charge in [0.05, 0.1) is 37.3 Å². The fourth-order valence-corrected chi connectivity index (χ4v) is 7.29. The van der Waals surface area contributed by atoms with E-state index < -0.39 is 0 Å². The highest BCUT2D eigenvalue weighted by atomic mass is 16.5. The van der Waals surface area contributed by atoms with Crippen LogP contribution >= 0.6 is 0 Å². The summed E-state index contributed by atoms with van der Waals surface area (Å²) in [6.45, 7) is 9.50. The fraction of sp³-hybridized carbons (Fsp3) is 0.472. The lowest BCUT2D eigenvalue weighted by Gasteiger charge is -2.42. The third-order valence-corrected chi connectivity index (χ3v) is 9.76. The Kier molecular flexibility index (Phi) is 9.38. The second-order valence-electron chi connectivity index (χ2n) is 12.7. The SMILES string of the molecule is C=CC(=O)N1CCN(c2nc(OCCN(C)C(=O)C3CCCC3)nc3c2CCN(c2cccc4cccc(C)c24)C3)C[C@@H]1CC#N. The molecule has 2 amide bonds. The van der Waals surface area contributed by atoms with Gasteiger partial charge in [0.2, 0.25) is 11.8 Å². The molecule has 10 heteroatoms. The molecular weight excluding hydrogens is 578 g/mol. The molecule has 0 spiro atoms. The van der Waals surface area contributed by atoms with Crippen LogP contribution in [0.15, 0.2) is 49.1 Å². The summed E-state index contributed by atoms with van der Waals surface area (Å²) in [5.41, 5.74) is 4.40. The van der Waals surface area contributed by atoms with Gasteiger partial charge in [-0.1, -0.05) is 49.8 Å². The van der Waals surface area contributed by atoms with E-state index in [0.29, 0.717) is 32.7 Å². The molecule has 46 heavy (non-hydrogen) atoms. The van der Waals surface area contributed by atoms with E-state index in [2.05, 4.69) is 65.8 Å². The molecule has 1 aromatic heterocycles. The summed E-state index contributed by atoms with van der Waals surface area (Å²) in [5, 5.41) is 12.0. The van der Waals surface area contributed by atoms with E-state index in [9.17, 15) is 14.9 Å². The molecule has 6 rings (SSSR count). The van der Waals surface area contributed by atoms with Crippen molar-refractivity contribution in [2.75, 3.05) is 56.2 Å². The van der Waals surface area contributed by atoms with Gasteiger partial charge < -0.3 is 24.3 Å². The molecule has 2 aromatic carbocycles. The molecule has 1 atom stereocenters. The standard InChI is InChI=1S/C36H43N7O3/c1-4-32(44)43-20-19-42(23-28(43)15-17-37)34-29-16-18-41(31-14-8-13-26-12-7-9-25(2)33(26)31)24-30(29)38-36(39-34)46-22-21-40(3)35(45)27-10-5-6-11-27/h4,7-9,12-14,27-28H,1,5-6,10-11,15-16,18-24H2,2-3H3/t28-/m0/s1. The third kappa shape index (κ3) is 6.37. The van der Waals surface area contributed by atoms with E-state index >= 15 is 0 Å². The maximum atomic E-state index is 12.9. The minimum Gasteiger partial charge on any atom is -0.462 e. The van der Waals surface area contributed by atoms with Gasteiger partial charge in [-0.15, -0.1) is 0 Å². The number of carbonyl (C=O) groups is 2. The number of anilines is 2. The molecule has 10 nitrogen and oxygen atoms in total. The zero-order chi connectivity index (χ0) is 32.2. The number of carbonyl (C=O) groups excluding carboxylic acids is 2. The van der Waals surface area contributed by atoms with Gasteiger partial charge >= 0.3 is 6.01 Å². The van der Waals surface area contributed by atoms with Crippen molar-refractivity contribution < 1.29 is 14.3 Å². The number of nitriles is 1. The smallest absolute Gasteiger partial charge is 0.318 e. The molecule has 2 aliphatic heterocycles. The van der Waals surface area contributed by atoms with Crippen LogP contribution in [0.5, 0.6) is 6.01 Å². The Morgan fingerprint density at radius 1 is 1.11 bits per heavy atom. The molecule has 0 bridgehead atoms. The number of aromatic nitrogens is 2. The molecule has 0 unspecified atom stereocenters. The van der Waals surface area contributed by atoms with Crippen molar-refractivity contribution in [1.82, 2.24) is 19.8 Å². The van der Waals surface area contributed by atoms with E-state index in [0.717, 1.165) is 55.7 Å². The zero-order valence-electron chi connectivity index (χ0n) is 27.0. The predicted molar refractivity (Wildman–Crippen MR) is 179 cm³/mol. The summed E-state index contributed by atoms with van der Waals surface area (Å²) < 4.78 is 6.18. The molecule has 0 N–H and O–H groups in total. The van der Waals surface area contributed by atoms with E-state index in [1.165, 1.54) is 28.1 Å². The largest absolute Gasteiger partial charge is 0.462 e. The first-order chi connectivity index (χ1) is 22.4. The molecule has 3 aliphatic rings. The van der Waals surface area contributed by atoms with E-state index in [1.54, 1.807) is 9.80 Å². The number of hydrogen-bond acceptors (Lipinski definition) is 8. The average molecular weight is 622 g/mol. The van der Waals surface area contributed by atoms with Crippen LogP contribution in [0.1, 0.15) is 48.9 Å². The highest BCUT2D eigenvalue weighted by Gasteiger charge is 2.33. The van der Waals surface area contributed by atoms with Crippen LogP contribution < -0.4 is 14.5 Å². The summed E-state index contributed by atoms with van der Waals surface area (Å²) in [7, 11) is 1.84. The van der Waals surface area contributed by atoms with Crippen molar-refractivity contribution in [1.29, 1.82) is 5.26 Å². The first-order valence-corrected chi connectivity index (χ1v) is 16.4. The van der Waals surface area contributed by atoms with Gasteiger partial charge in [-0.2, -0.15) is 15.2 Å². The molecule has 1 aliphatic carbocycles. The van der Waals surface area contributed by atoms with Crippen LogP contribution in [0.4, 0.5) is 11.5 Å². The number of likely N-dealkylation sites (N-methyl/N-ethyl adjacent to an activating group) is 1. The lowest BCUT2D eigenvalue weighted by Crippen LogP contribution is -2.55. The first kappa shape index (κ1) is 31.3. The van der Waals surface area contributed by atoms with E-state index in [-0.39, 0.29) is 42.8 Å². The summed E-state index contributed by atoms with van der Waals surface area (Å²) in [6, 6.07) is 15.1. The number of fused-ring (bicyclic) bond motifs is 2. The van der Waals surface area contributed by atoms with Gasteiger partial charge in [-0.25, -0.2) is 0 Å². The molecule has 240 valence electrons. The molecular formula is C36H43N7O3. The van der Waals surface area contributed by atoms with Gasteiger partial charge in [0.1, 0.15) is 12.4 Å². The first-order valence-electron chi connectivity index (χ1n) is 16.4. The Labute approximate surface area is 271 Å². The number of piperazine rings is 1. The van der Waals surface area contributed by atoms with Crippen molar-refractivity contribution in [2.45, 2.75) is 58.0 Å². The van der Waals surface area contributed by atoms with E-state index in [1.807, 2.05) is 7.05 Å². The topological polar surface area (TPSA) is 106 Å². The van der Waals surface area contributed by atoms with Gasteiger partial charge in [0.25, 0.3) is 0 Å². The molecule has 1 saturated carbocycles. The number of amides is 2. The number of hydrogen-bond donors (Lipinski definition) is 0. The highest BCUT2D eigenvalue weighted by molar-refractivity contribution is 5.97. The summed E-state index contributed by atoms with van der Waals surface area (Å²) >= 11 is 0. The van der Waals surface area contributed by atoms with Crippen LogP contribution in [0.2, 0.25) is 0 Å². The maximum absolute atomic E-state index is 12.9. The zero-order valence-corrected chi connectivity index (χ0v) is 27.0. The number of aryl methyl sites for hydroxylation is 1. The molecule has 3 aromatic rings. The Bertz CT molecular complexity index is 1660. The number of ether oxygens (including phenoxy) is 1. The van der Waals surface area contributed by atoms with Crippen LogP contribution in [0.25, 0.3) is 10.8 Å². The Morgan fingerprint density at radius 3 is 2.65 bits per heavy atom. The van der Waals surface area contributed by atoms with Crippen molar-refractivity contribution in [3.63, 3.8) is 0 Å². The Balaban J connectivity index is 1.28. The van der Waals surface area contributed by atoms with Crippen LogP contribution in [0.3, 0.4) is 0 Å². The highest BCUT2D eigenvalue weighted by Crippen LogP contribution is 2.36. The molecule has 3 heterocycles. The summed E-state index contributed by atoms with van der Waals surface area (Å²) in [4.78, 5) is 43.4. The number of rotatable bonds is 9. The van der Waals surface area contributed by atoms with Gasteiger partial charge in [0.15, 0.2) is 0 Å². The number of benzene rings is 2. The van der Waals surface area contributed by atoms with Crippen molar-refractivity contribution >= 4 is 34.1 Å². The molecule has 1 saturated heterocycles. The van der Waals surface area contributed by atoms with Crippen LogP contribution in [-0.4, -0.2) is 84.0 Å². The van der Waals surface area contributed by atoms with Crippen molar-refractivity contribution in [3.05, 3.63) is 65.9 Å². The van der Waals surface area contributed by atoms with Crippen molar-refractivity contribution in [3.8, 4) is 12.1 Å². The quantitative estimate of drug-likeness (QED) is 0.318. The predicted octanol–water partition coefficient (Wildman–Crippen LogP) is 4.65. The lowest BCUT2D eigenvalue weighted by molar-refractivity contribution is -0.134. The van der Waals surface area contributed by atoms with Crippen LogP contribution in [-0.2, 0) is 22.6 Å². The maximum Gasteiger partial charge on any atom is 0.318 e. The summed E-state index contributed by atoms with van der Waals surface area (Å²) in [5.74, 6) is 0.946. The monoisotopic (exact) mass is 621 g/mol. The van der Waals surface area contributed by atoms with Gasteiger partial charge in [-0.3, -0.25) is 9.59 Å². The van der Waals surface area contributed by atoms with E-state index in [4.69, 9.17) is 14.7 Å². The second-order valence-corrected chi connectivity index (χ2v) is 12.7. The average Bonchev–Trinajstić information content (AvgIpc) is 3.62. The minimum absolute atomic E-state index is 0.119. The van der Waals surface area contributed by atoms with Gasteiger partial charge in [-0.05, 0) is 49.3 Å². The molecule has 2 fully saturated rings. The van der Waals surface area contributed by atoms with Gasteiger partial charge in [0, 0.05) is 55.8 Å². The normalized spacial score (nSPS) is 18.3. The Morgan fingerprint density at radius 2 is 1.89 bits per heavy atom. The fourth-order valence-electron chi connectivity index (χ4n) is 7.29. The minimum atomic E-state index is -0.270. The molecule has 0 radical (unpaired) electrons. The summed E-state index contributed by atoms with van der Waals surface area (Å²) in [6.07, 6.45) is 6.46. The van der Waals surface area contributed by atoms with Crippen LogP contribution in [0, 0.1) is 24.2 Å².